The maximum atomic E-state index is 12.9. The fourth-order valence-corrected chi connectivity index (χ4v) is 4.38. The topological polar surface area (TPSA) is 67.4 Å². The van der Waals surface area contributed by atoms with Crippen LogP contribution >= 0.6 is 0 Å². The van der Waals surface area contributed by atoms with Gasteiger partial charge >= 0.3 is 0 Å². The van der Waals surface area contributed by atoms with Crippen LogP contribution in [0.4, 0.5) is 5.82 Å². The van der Waals surface area contributed by atoms with Crippen molar-refractivity contribution < 1.29 is 9.53 Å². The summed E-state index contributed by atoms with van der Waals surface area (Å²) < 4.78 is 5.91. The van der Waals surface area contributed by atoms with E-state index in [1.54, 1.807) is 0 Å². The molecule has 1 aliphatic carbocycles. The third kappa shape index (κ3) is 3.11. The molecular weight excluding hydrogens is 304 g/mol. The van der Waals surface area contributed by atoms with E-state index in [9.17, 15) is 4.79 Å². The Bertz CT molecular complexity index is 585. The number of hydrogen-bond donors (Lipinski definition) is 1. The molecule has 1 aromatic rings. The molecule has 3 heterocycles. The number of nitrogens with one attached hydrogen (secondary N) is 1. The van der Waals surface area contributed by atoms with Crippen molar-refractivity contribution in [2.45, 2.75) is 51.2 Å². The summed E-state index contributed by atoms with van der Waals surface area (Å²) >= 11 is 0. The summed E-state index contributed by atoms with van der Waals surface area (Å²) in [7, 11) is 0. The summed E-state index contributed by atoms with van der Waals surface area (Å²) in [5.74, 6) is 1.36. The van der Waals surface area contributed by atoms with Crippen molar-refractivity contribution in [3.8, 4) is 0 Å². The van der Waals surface area contributed by atoms with Crippen LogP contribution in [0.5, 0.6) is 0 Å². The Morgan fingerprint density at radius 2 is 2.04 bits per heavy atom. The Morgan fingerprint density at radius 3 is 2.79 bits per heavy atom. The molecule has 1 saturated carbocycles. The van der Waals surface area contributed by atoms with Gasteiger partial charge in [0, 0.05) is 31.7 Å². The second-order valence-electron chi connectivity index (χ2n) is 7.40. The third-order valence-electron chi connectivity index (χ3n) is 5.74. The number of piperidine rings is 1. The molecular formula is C18H26N4O2. The Balaban J connectivity index is 1.50. The Labute approximate surface area is 143 Å². The smallest absolute Gasteiger partial charge is 0.225 e. The Kier molecular flexibility index (Phi) is 4.39. The summed E-state index contributed by atoms with van der Waals surface area (Å²) in [6.45, 7) is 4.20. The van der Waals surface area contributed by atoms with Crippen molar-refractivity contribution in [2.75, 3.05) is 24.6 Å². The molecule has 3 atom stereocenters. The fourth-order valence-electron chi connectivity index (χ4n) is 4.38. The number of amides is 1. The van der Waals surface area contributed by atoms with Gasteiger partial charge in [-0.2, -0.15) is 5.10 Å². The zero-order valence-electron chi connectivity index (χ0n) is 14.3. The van der Waals surface area contributed by atoms with Crippen LogP contribution in [0.3, 0.4) is 0 Å². The molecule has 0 unspecified atom stereocenters. The van der Waals surface area contributed by atoms with Crippen LogP contribution in [0.25, 0.3) is 0 Å². The van der Waals surface area contributed by atoms with E-state index in [0.717, 1.165) is 43.9 Å². The van der Waals surface area contributed by atoms with E-state index in [2.05, 4.69) is 20.4 Å². The third-order valence-corrected chi connectivity index (χ3v) is 5.74. The quantitative estimate of drug-likeness (QED) is 0.913. The van der Waals surface area contributed by atoms with Gasteiger partial charge in [-0.15, -0.1) is 5.10 Å². The highest BCUT2D eigenvalue weighted by Gasteiger charge is 2.44. The number of carbonyl (C=O) groups excluding carboxylic acids is 1. The highest BCUT2D eigenvalue weighted by molar-refractivity contribution is 5.80. The maximum absolute atomic E-state index is 12.9. The van der Waals surface area contributed by atoms with Gasteiger partial charge in [0.1, 0.15) is 0 Å². The predicted molar refractivity (Wildman–Crippen MR) is 90.7 cm³/mol. The van der Waals surface area contributed by atoms with Crippen LogP contribution in [0.2, 0.25) is 0 Å². The number of anilines is 1. The van der Waals surface area contributed by atoms with Crippen molar-refractivity contribution in [1.29, 1.82) is 0 Å². The molecule has 130 valence electrons. The molecule has 24 heavy (non-hydrogen) atoms. The first-order valence-corrected chi connectivity index (χ1v) is 9.18. The predicted octanol–water partition coefficient (Wildman–Crippen LogP) is 1.69. The SMILES string of the molecule is Cc1ccc(N2C[C@H](C(=O)NC3CCCC3)[C@@H]3CCO[C@@H]3C2)nn1. The van der Waals surface area contributed by atoms with Crippen molar-refractivity contribution in [2.24, 2.45) is 11.8 Å². The normalized spacial score (nSPS) is 30.4. The fraction of sp³-hybridized carbons (Fsp3) is 0.722. The first kappa shape index (κ1) is 15.8. The number of hydrogen-bond acceptors (Lipinski definition) is 5. The lowest BCUT2D eigenvalue weighted by Crippen LogP contribution is -2.54. The minimum absolute atomic E-state index is 0.0186. The molecule has 0 bridgehead atoms. The summed E-state index contributed by atoms with van der Waals surface area (Å²) in [4.78, 5) is 15.1. The number of ether oxygens (including phenoxy) is 1. The molecule has 3 aliphatic rings. The number of fused-ring (bicyclic) bond motifs is 1. The molecule has 1 aromatic heterocycles. The number of aromatic nitrogens is 2. The zero-order chi connectivity index (χ0) is 16.5. The molecule has 4 rings (SSSR count). The summed E-state index contributed by atoms with van der Waals surface area (Å²) in [6.07, 6.45) is 5.82. The van der Waals surface area contributed by atoms with Gasteiger partial charge in [0.15, 0.2) is 5.82 Å². The molecule has 3 fully saturated rings. The zero-order valence-corrected chi connectivity index (χ0v) is 14.3. The van der Waals surface area contributed by atoms with Crippen LogP contribution in [0.15, 0.2) is 12.1 Å². The van der Waals surface area contributed by atoms with Gasteiger partial charge in [-0.1, -0.05) is 12.8 Å². The van der Waals surface area contributed by atoms with Crippen molar-refractivity contribution >= 4 is 11.7 Å². The molecule has 1 N–H and O–H groups in total. The standard InChI is InChI=1S/C18H26N4O2/c1-12-6-7-17(21-20-12)22-10-15(14-8-9-24-16(14)11-22)18(23)19-13-4-2-3-5-13/h6-7,13-16H,2-5,8-11H2,1H3,(H,19,23)/t14-,15-,16+/m0/s1. The molecule has 1 amide bonds. The minimum atomic E-state index is -0.0186. The average molecular weight is 330 g/mol. The molecule has 0 aromatic carbocycles. The van der Waals surface area contributed by atoms with Crippen molar-refractivity contribution in [3.05, 3.63) is 17.8 Å². The Morgan fingerprint density at radius 1 is 1.21 bits per heavy atom. The second-order valence-corrected chi connectivity index (χ2v) is 7.40. The lowest BCUT2D eigenvalue weighted by Gasteiger charge is -2.40. The first-order valence-electron chi connectivity index (χ1n) is 9.18. The van der Waals surface area contributed by atoms with Gasteiger partial charge in [0.2, 0.25) is 5.91 Å². The van der Waals surface area contributed by atoms with Crippen molar-refractivity contribution in [1.82, 2.24) is 15.5 Å². The summed E-state index contributed by atoms with van der Waals surface area (Å²) in [5, 5.41) is 11.7. The first-order chi connectivity index (χ1) is 11.7. The van der Waals surface area contributed by atoms with E-state index in [-0.39, 0.29) is 17.9 Å². The largest absolute Gasteiger partial charge is 0.376 e. The molecule has 0 radical (unpaired) electrons. The average Bonchev–Trinajstić information content (AvgIpc) is 3.25. The van der Waals surface area contributed by atoms with E-state index < -0.39 is 0 Å². The highest BCUT2D eigenvalue weighted by Crippen LogP contribution is 2.35. The van der Waals surface area contributed by atoms with Gasteiger partial charge in [-0.25, -0.2) is 0 Å². The second kappa shape index (κ2) is 6.67. The monoisotopic (exact) mass is 330 g/mol. The van der Waals surface area contributed by atoms with Crippen LogP contribution < -0.4 is 10.2 Å². The van der Waals surface area contributed by atoms with Crippen LogP contribution in [0, 0.1) is 18.8 Å². The van der Waals surface area contributed by atoms with Gasteiger partial charge in [0.25, 0.3) is 0 Å². The van der Waals surface area contributed by atoms with Crippen LogP contribution in [0.1, 0.15) is 37.8 Å². The summed E-state index contributed by atoms with van der Waals surface area (Å²) in [6, 6.07) is 4.33. The molecule has 2 aliphatic heterocycles. The van der Waals surface area contributed by atoms with E-state index in [0.29, 0.717) is 18.5 Å². The van der Waals surface area contributed by atoms with Crippen LogP contribution in [-0.4, -0.2) is 47.9 Å². The lowest BCUT2D eigenvalue weighted by atomic mass is 9.82. The number of rotatable bonds is 3. The van der Waals surface area contributed by atoms with Crippen molar-refractivity contribution in [3.63, 3.8) is 0 Å². The van der Waals surface area contributed by atoms with Gasteiger partial charge in [0.05, 0.1) is 17.7 Å². The van der Waals surface area contributed by atoms with E-state index in [1.165, 1.54) is 12.8 Å². The number of nitrogens with zero attached hydrogens (tertiary/aromatic N) is 3. The van der Waals surface area contributed by atoms with E-state index in [4.69, 9.17) is 4.74 Å². The maximum Gasteiger partial charge on any atom is 0.225 e. The highest BCUT2D eigenvalue weighted by atomic mass is 16.5. The number of carbonyl (C=O) groups is 1. The molecule has 6 nitrogen and oxygen atoms in total. The molecule has 0 spiro atoms. The minimum Gasteiger partial charge on any atom is -0.376 e. The summed E-state index contributed by atoms with van der Waals surface area (Å²) in [5.41, 5.74) is 0.904. The van der Waals surface area contributed by atoms with Gasteiger partial charge in [-0.05, 0) is 38.3 Å². The number of aryl methyl sites for hydroxylation is 1. The van der Waals surface area contributed by atoms with E-state index in [1.807, 2.05) is 19.1 Å². The van der Waals surface area contributed by atoms with Gasteiger partial charge in [-0.3, -0.25) is 4.79 Å². The molecule has 6 heteroatoms. The van der Waals surface area contributed by atoms with Gasteiger partial charge < -0.3 is 15.0 Å². The lowest BCUT2D eigenvalue weighted by molar-refractivity contribution is -0.128. The Hall–Kier alpha value is -1.69. The van der Waals surface area contributed by atoms with E-state index >= 15 is 0 Å². The molecule has 2 saturated heterocycles. The van der Waals surface area contributed by atoms with Crippen LogP contribution in [-0.2, 0) is 9.53 Å².